The Balaban J connectivity index is 1.29. The Morgan fingerprint density at radius 2 is 0.922 bits per heavy atom. The molecule has 0 radical (unpaired) electrons. The quantitative estimate of drug-likeness (QED) is 0.0251. The van der Waals surface area contributed by atoms with Crippen LogP contribution >= 0.6 is 0 Å². The van der Waals surface area contributed by atoms with Crippen LogP contribution in [0.2, 0.25) is 0 Å². The fourth-order valence-corrected chi connectivity index (χ4v) is 12.7. The molecule has 0 saturated carbocycles. The number of hydrogen-bond acceptors (Lipinski definition) is 22. The second-order valence-electron chi connectivity index (χ2n) is 29.2. The van der Waals surface area contributed by atoms with Crippen molar-refractivity contribution in [3.63, 3.8) is 0 Å². The zero-order valence-corrected chi connectivity index (χ0v) is 65.2. The predicted octanol–water partition coefficient (Wildman–Crippen LogP) is -5.77. The first kappa shape index (κ1) is 93.9. The first-order chi connectivity index (χ1) is 54.6. The molecule has 2 fully saturated rings. The summed E-state index contributed by atoms with van der Waals surface area (Å²) in [5.74, 6) is -21.0. The minimum Gasteiger partial charge on any atom is -0.508 e. The number of aromatic nitrogens is 2. The summed E-state index contributed by atoms with van der Waals surface area (Å²) < 4.78 is 0. The number of likely N-dealkylation sites (tertiary alicyclic amines) is 2. The van der Waals surface area contributed by atoms with Gasteiger partial charge in [0.05, 0.1) is 43.9 Å². The fraction of sp³-hybridized carbons (Fsp3) is 0.541. The van der Waals surface area contributed by atoms with E-state index in [4.69, 9.17) is 17.2 Å². The van der Waals surface area contributed by atoms with Gasteiger partial charge in [0.15, 0.2) is 0 Å². The van der Waals surface area contributed by atoms with Gasteiger partial charge in [-0.2, -0.15) is 0 Å². The number of nitrogens with zero attached hydrogens (tertiary/aromatic N) is 3. The largest absolute Gasteiger partial charge is 0.508 e. The van der Waals surface area contributed by atoms with Crippen molar-refractivity contribution in [3.8, 4) is 5.75 Å². The molecule has 634 valence electrons. The lowest BCUT2D eigenvalue weighted by atomic mass is 10.0. The number of rotatable bonds is 46. The van der Waals surface area contributed by atoms with Crippen LogP contribution in [0.25, 0.3) is 0 Å². The summed E-state index contributed by atoms with van der Waals surface area (Å²) in [7, 11) is 0. The molecule has 116 heavy (non-hydrogen) atoms. The molecule has 3 aromatic rings. The Morgan fingerprint density at radius 1 is 0.466 bits per heavy atom. The molecule has 2 aliphatic rings. The van der Waals surface area contributed by atoms with Crippen molar-refractivity contribution in [2.24, 2.45) is 29.0 Å². The van der Waals surface area contributed by atoms with Crippen LogP contribution in [0.4, 0.5) is 0 Å². The summed E-state index contributed by atoms with van der Waals surface area (Å²) in [4.78, 5) is 265. The van der Waals surface area contributed by atoms with E-state index in [1.807, 2.05) is 0 Å². The highest BCUT2D eigenvalue weighted by Gasteiger charge is 2.44. The van der Waals surface area contributed by atoms with E-state index in [2.05, 4.69) is 73.8 Å². The van der Waals surface area contributed by atoms with Gasteiger partial charge in [-0.3, -0.25) is 86.3 Å². The molecule has 14 atom stereocenters. The van der Waals surface area contributed by atoms with Crippen molar-refractivity contribution < 1.29 is 112 Å². The normalized spacial score (nSPS) is 16.8. The van der Waals surface area contributed by atoms with Crippen molar-refractivity contribution in [1.82, 2.24) is 83.6 Å². The van der Waals surface area contributed by atoms with Crippen LogP contribution < -0.4 is 81.0 Å². The molecule has 2 aliphatic heterocycles. The predicted molar refractivity (Wildman–Crippen MR) is 406 cm³/mol. The molecule has 16 amide bonds. The molecule has 5 rings (SSSR count). The highest BCUT2D eigenvalue weighted by Crippen LogP contribution is 2.24. The summed E-state index contributed by atoms with van der Waals surface area (Å²) in [6.45, 7) is 9.88. The van der Waals surface area contributed by atoms with Gasteiger partial charge in [0.2, 0.25) is 94.5 Å². The van der Waals surface area contributed by atoms with E-state index < -0.39 is 236 Å². The topological polar surface area (TPSA) is 663 Å². The number of benzene rings is 2. The Kier molecular flexibility index (Phi) is 36.7. The number of nitrogens with one attached hydrogen (secondary N) is 13. The lowest BCUT2D eigenvalue weighted by Gasteiger charge is -2.32. The Labute approximate surface area is 666 Å². The Morgan fingerprint density at radius 3 is 1.43 bits per heavy atom. The van der Waals surface area contributed by atoms with Crippen molar-refractivity contribution in [2.45, 2.75) is 223 Å². The summed E-state index contributed by atoms with van der Waals surface area (Å²) in [6.07, 6.45) is -1.92. The fourth-order valence-electron chi connectivity index (χ4n) is 12.7. The Bertz CT molecular complexity index is 4030. The number of H-pyrrole nitrogens is 1. The second-order valence-corrected chi connectivity index (χ2v) is 29.2. The molecule has 3 heterocycles. The molecule has 0 bridgehead atoms. The molecule has 0 aliphatic carbocycles. The number of carbonyl (C=O) groups excluding carboxylic acids is 16. The maximum Gasteiger partial charge on any atom is 0.326 e. The number of carboxylic acid groups (broad SMARTS) is 3. The van der Waals surface area contributed by atoms with E-state index in [0.29, 0.717) is 11.1 Å². The standard InChI is InChI=1S/C74H105N19O23/c1-36(2)25-46(63(104)79-34-58(97)83-53(74(115)116)26-37(3)4)87-66(107)48(29-43-33-78-35-80-43)89-68(109)50(31-57(77)96)86-62(103)39(6)81-70(111)54-15-12-24-93(54)73(114)52(28-42-17-19-44(94)20-18-42)91-71(112)55-16-11-23-92(55)72(113)40(7)82-64(105)45(21-22-59(98)99)84-69(110)51(32-60(100)101)90-65(106)47(27-41-13-9-8-10-14-41)88-67(108)49(30-56(76)95)85-61(102)38(5)75/h8-10,13-14,17-20,33,35-40,45-55,94H,11-12,15-16,21-32,34,75H2,1-7H3,(H2,76,95)(H2,77,96)(H,78,80)(H,79,104)(H,81,111)(H,82,105)(H,83,97)(H,84,110)(H,85,102)(H,86,103)(H,87,107)(H,88,108)(H,89,109)(H,90,106)(H,91,112)(H,98,99)(H,100,101)(H,115,116). The van der Waals surface area contributed by atoms with E-state index in [1.54, 1.807) is 58.0 Å². The summed E-state index contributed by atoms with van der Waals surface area (Å²) >= 11 is 0. The number of carbonyl (C=O) groups is 19. The average Bonchev–Trinajstić information content (AvgIpc) is 1.65. The minimum absolute atomic E-state index is 0.000285. The zero-order valence-electron chi connectivity index (χ0n) is 65.2. The van der Waals surface area contributed by atoms with Gasteiger partial charge >= 0.3 is 17.9 Å². The number of hydrogen-bond donors (Lipinski definition) is 20. The molecular formula is C74H105N19O23. The third kappa shape index (κ3) is 30.7. The third-order valence-electron chi connectivity index (χ3n) is 18.6. The number of phenols is 1. The average molecular weight is 1630 g/mol. The lowest BCUT2D eigenvalue weighted by molar-refractivity contribution is -0.144. The van der Waals surface area contributed by atoms with Crippen LogP contribution in [0.3, 0.4) is 0 Å². The smallest absolute Gasteiger partial charge is 0.326 e. The third-order valence-corrected chi connectivity index (χ3v) is 18.6. The van der Waals surface area contributed by atoms with Crippen LogP contribution in [-0.4, -0.2) is 257 Å². The first-order valence-corrected chi connectivity index (χ1v) is 37.6. The van der Waals surface area contributed by atoms with Gasteiger partial charge in [-0.25, -0.2) is 9.78 Å². The molecule has 42 nitrogen and oxygen atoms in total. The van der Waals surface area contributed by atoms with E-state index in [-0.39, 0.29) is 94.2 Å². The number of phenolic OH excluding ortho intramolecular Hbond substituents is 1. The monoisotopic (exact) mass is 1630 g/mol. The molecule has 0 spiro atoms. The van der Waals surface area contributed by atoms with E-state index >= 15 is 0 Å². The number of imidazole rings is 1. The van der Waals surface area contributed by atoms with Crippen LogP contribution in [0.5, 0.6) is 5.75 Å². The van der Waals surface area contributed by atoms with Gasteiger partial charge in [-0.05, 0) is 101 Å². The van der Waals surface area contributed by atoms with Gasteiger partial charge in [0.1, 0.15) is 84.3 Å². The van der Waals surface area contributed by atoms with E-state index in [9.17, 15) is 112 Å². The van der Waals surface area contributed by atoms with Crippen molar-refractivity contribution in [1.29, 1.82) is 0 Å². The molecule has 42 heteroatoms. The van der Waals surface area contributed by atoms with Crippen molar-refractivity contribution in [2.75, 3.05) is 19.6 Å². The SMILES string of the molecule is CC(C)CC(NC(=O)CNC(=O)C(CC(C)C)NC(=O)C(Cc1c[nH]cn1)NC(=O)C(CC(N)=O)NC(=O)C(C)NC(=O)C1CCCN1C(=O)C(Cc1ccc(O)cc1)NC(=O)C1CCCN1C(=O)C(C)NC(=O)C(CCC(=O)O)NC(=O)C(CC(=O)O)NC(=O)C(Cc1ccccc1)NC(=O)C(CC(N)=O)NC(=O)C(C)N)C(=O)O. The molecule has 2 aromatic carbocycles. The van der Waals surface area contributed by atoms with Crippen molar-refractivity contribution in [3.05, 3.63) is 83.9 Å². The number of amides is 16. The molecule has 2 saturated heterocycles. The lowest BCUT2D eigenvalue weighted by Crippen LogP contribution is -2.61. The molecule has 23 N–H and O–H groups in total. The van der Waals surface area contributed by atoms with Gasteiger partial charge in [0.25, 0.3) is 0 Å². The van der Waals surface area contributed by atoms with Gasteiger partial charge in [-0.1, -0.05) is 70.2 Å². The maximum atomic E-state index is 14.9. The number of aromatic hydroxyl groups is 1. The highest BCUT2D eigenvalue weighted by molar-refractivity contribution is 6.02. The van der Waals surface area contributed by atoms with Gasteiger partial charge in [0, 0.05) is 45.0 Å². The van der Waals surface area contributed by atoms with Crippen LogP contribution in [0, 0.1) is 11.8 Å². The van der Waals surface area contributed by atoms with E-state index in [1.165, 1.54) is 57.6 Å². The summed E-state index contributed by atoms with van der Waals surface area (Å²) in [5, 5.41) is 68.2. The zero-order chi connectivity index (χ0) is 86.4. The second kappa shape index (κ2) is 45.3. The number of carboxylic acids is 3. The van der Waals surface area contributed by atoms with Gasteiger partial charge in [-0.15, -0.1) is 0 Å². The number of primary amides is 2. The van der Waals surface area contributed by atoms with Crippen molar-refractivity contribution >= 4 is 112 Å². The summed E-state index contributed by atoms with van der Waals surface area (Å²) in [5.41, 5.74) is 17.6. The van der Waals surface area contributed by atoms with Gasteiger partial charge < -0.3 is 116 Å². The van der Waals surface area contributed by atoms with Crippen LogP contribution in [0.1, 0.15) is 136 Å². The number of aromatic amines is 1. The highest BCUT2D eigenvalue weighted by atomic mass is 16.4. The van der Waals surface area contributed by atoms with Crippen LogP contribution in [-0.2, 0) is 110 Å². The van der Waals surface area contributed by atoms with E-state index in [0.717, 1.165) is 9.80 Å². The molecular weight excluding hydrogens is 1520 g/mol. The molecule has 14 unspecified atom stereocenters. The number of aliphatic carboxylic acids is 3. The maximum absolute atomic E-state index is 14.9. The first-order valence-electron chi connectivity index (χ1n) is 37.6. The number of nitrogens with two attached hydrogens (primary N) is 3. The van der Waals surface area contributed by atoms with Crippen LogP contribution in [0.15, 0.2) is 67.1 Å². The Hall–Kier alpha value is -12.7. The minimum atomic E-state index is -2.05. The summed E-state index contributed by atoms with van der Waals surface area (Å²) in [6, 6.07) is -8.12. The molecule has 1 aromatic heterocycles.